The van der Waals surface area contributed by atoms with Crippen LogP contribution >= 0.6 is 0 Å². The van der Waals surface area contributed by atoms with Crippen LogP contribution in [0.15, 0.2) is 30.3 Å². The van der Waals surface area contributed by atoms with Crippen molar-refractivity contribution >= 4 is 11.9 Å². The molecule has 7 heteroatoms. The lowest BCUT2D eigenvalue weighted by molar-refractivity contribution is -0.137. The number of aromatic carboxylic acids is 1. The fourth-order valence-electron chi connectivity index (χ4n) is 3.42. The number of pyridine rings is 1. The topological polar surface area (TPSA) is 100.0 Å². The van der Waals surface area contributed by atoms with Gasteiger partial charge in [0.2, 0.25) is 5.60 Å². The van der Waals surface area contributed by atoms with Crippen LogP contribution in [0, 0.1) is 11.8 Å². The molecule has 1 aromatic heterocycles. The molecule has 7 nitrogen and oxygen atoms in total. The molecule has 0 unspecified atom stereocenters. The zero-order valence-electron chi connectivity index (χ0n) is 15.2. The van der Waals surface area contributed by atoms with Gasteiger partial charge in [0, 0.05) is 37.6 Å². The third kappa shape index (κ3) is 3.08. The molecule has 3 heterocycles. The Kier molecular flexibility index (Phi) is 4.28. The van der Waals surface area contributed by atoms with Crippen LogP contribution in [0.3, 0.4) is 0 Å². The van der Waals surface area contributed by atoms with Gasteiger partial charge < -0.3 is 19.8 Å². The molecule has 0 saturated carbocycles. The van der Waals surface area contributed by atoms with E-state index in [0.717, 1.165) is 5.56 Å². The fraction of sp³-hybridized carbons (Fsp3) is 0.286. The minimum absolute atomic E-state index is 0.0605. The average molecular weight is 378 g/mol. The number of aromatic nitrogens is 1. The van der Waals surface area contributed by atoms with Crippen LogP contribution < -0.4 is 4.74 Å². The predicted octanol–water partition coefficient (Wildman–Crippen LogP) is 1.33. The van der Waals surface area contributed by atoms with Gasteiger partial charge in [-0.2, -0.15) is 0 Å². The predicted molar refractivity (Wildman–Crippen MR) is 99.9 cm³/mol. The van der Waals surface area contributed by atoms with E-state index < -0.39 is 17.5 Å². The normalized spacial score (nSPS) is 20.4. The summed E-state index contributed by atoms with van der Waals surface area (Å²) in [5, 5.41) is 19.7. The van der Waals surface area contributed by atoms with Crippen molar-refractivity contribution in [1.29, 1.82) is 0 Å². The first-order valence-electron chi connectivity index (χ1n) is 8.89. The Balaban J connectivity index is 1.77. The van der Waals surface area contributed by atoms with E-state index in [9.17, 15) is 19.8 Å². The summed E-state index contributed by atoms with van der Waals surface area (Å²) in [6.07, 6.45) is 0.959. The van der Waals surface area contributed by atoms with Crippen molar-refractivity contribution in [1.82, 2.24) is 9.88 Å². The summed E-state index contributed by atoms with van der Waals surface area (Å²) in [6.45, 7) is 0.976. The van der Waals surface area contributed by atoms with Crippen LogP contribution in [0.4, 0.5) is 0 Å². The minimum Gasteiger partial charge on any atom is -0.492 e. The molecule has 1 saturated heterocycles. The van der Waals surface area contributed by atoms with Crippen LogP contribution in [0.2, 0.25) is 0 Å². The highest BCUT2D eigenvalue weighted by Gasteiger charge is 2.42. The Bertz CT molecular complexity index is 1050. The third-order valence-electron chi connectivity index (χ3n) is 4.95. The number of aliphatic hydroxyl groups is 1. The first-order chi connectivity index (χ1) is 13.4. The van der Waals surface area contributed by atoms with E-state index in [1.807, 2.05) is 6.07 Å². The number of carboxylic acids is 1. The largest absolute Gasteiger partial charge is 0.492 e. The van der Waals surface area contributed by atoms with Gasteiger partial charge in [-0.1, -0.05) is 17.9 Å². The summed E-state index contributed by atoms with van der Waals surface area (Å²) in [5.41, 5.74) is 0.922. The van der Waals surface area contributed by atoms with Crippen LogP contribution in [0.5, 0.6) is 5.75 Å². The van der Waals surface area contributed by atoms with Crippen LogP contribution in [0.25, 0.3) is 11.3 Å². The van der Waals surface area contributed by atoms with Crippen molar-refractivity contribution in [3.63, 3.8) is 0 Å². The number of ether oxygens (including phenoxy) is 1. The number of likely N-dealkylation sites (N-methyl/N-ethyl adjacent to an activating group) is 1. The average Bonchev–Trinajstić information content (AvgIpc) is 3.26. The highest BCUT2D eigenvalue weighted by molar-refractivity contribution is 5.90. The summed E-state index contributed by atoms with van der Waals surface area (Å²) >= 11 is 0. The lowest BCUT2D eigenvalue weighted by atomic mass is 9.99. The van der Waals surface area contributed by atoms with Crippen LogP contribution in [-0.4, -0.2) is 57.8 Å². The summed E-state index contributed by atoms with van der Waals surface area (Å²) < 4.78 is 5.72. The van der Waals surface area contributed by atoms with Gasteiger partial charge in [0.15, 0.2) is 0 Å². The Morgan fingerprint density at radius 3 is 2.89 bits per heavy atom. The number of rotatable bonds is 2. The van der Waals surface area contributed by atoms with E-state index in [-0.39, 0.29) is 12.1 Å². The summed E-state index contributed by atoms with van der Waals surface area (Å²) in [6, 6.07) is 8.38. The van der Waals surface area contributed by atoms with Crippen molar-refractivity contribution in [3.8, 4) is 28.8 Å². The second-order valence-corrected chi connectivity index (χ2v) is 6.91. The zero-order chi connectivity index (χ0) is 19.9. The summed E-state index contributed by atoms with van der Waals surface area (Å²) in [5.74, 6) is 4.77. The van der Waals surface area contributed by atoms with Gasteiger partial charge in [0.05, 0.1) is 12.3 Å². The molecule has 1 atom stereocenters. The molecule has 28 heavy (non-hydrogen) atoms. The maximum atomic E-state index is 12.1. The number of benzene rings is 1. The van der Waals surface area contributed by atoms with Crippen molar-refractivity contribution in [3.05, 3.63) is 47.2 Å². The second-order valence-electron chi connectivity index (χ2n) is 6.91. The molecule has 1 amide bonds. The maximum absolute atomic E-state index is 12.1. The van der Waals surface area contributed by atoms with E-state index in [1.165, 1.54) is 11.0 Å². The Morgan fingerprint density at radius 1 is 1.36 bits per heavy atom. The number of likely N-dealkylation sites (tertiary alicyclic amines) is 1. The standard InChI is InChI=1S/C21H18N2O5/c1-23-9-8-21(27,20(23)26)7-5-13-11-14-6-10-28-18(14)15(12-13)16-3-2-4-17(22-16)19(24)25/h2-4,11-12,27H,6,8-10H2,1H3,(H,24,25)/t21-/m0/s1. The van der Waals surface area contributed by atoms with Crippen molar-refractivity contribution in [2.45, 2.75) is 18.4 Å². The molecule has 0 bridgehead atoms. The highest BCUT2D eigenvalue weighted by atomic mass is 16.5. The number of hydrogen-bond acceptors (Lipinski definition) is 5. The number of amides is 1. The van der Waals surface area contributed by atoms with Crippen molar-refractivity contribution in [2.75, 3.05) is 20.2 Å². The highest BCUT2D eigenvalue weighted by Crippen LogP contribution is 2.37. The quantitative estimate of drug-likeness (QED) is 0.765. The summed E-state index contributed by atoms with van der Waals surface area (Å²) in [7, 11) is 1.63. The van der Waals surface area contributed by atoms with E-state index in [0.29, 0.717) is 42.1 Å². The van der Waals surface area contributed by atoms with Gasteiger partial charge in [-0.15, -0.1) is 0 Å². The van der Waals surface area contributed by atoms with Crippen LogP contribution in [-0.2, 0) is 11.2 Å². The molecule has 2 aromatic rings. The van der Waals surface area contributed by atoms with Gasteiger partial charge in [-0.25, -0.2) is 9.78 Å². The molecule has 142 valence electrons. The molecular weight excluding hydrogens is 360 g/mol. The number of carbonyl (C=O) groups excluding carboxylic acids is 1. The number of hydrogen-bond donors (Lipinski definition) is 2. The Morgan fingerprint density at radius 2 is 2.18 bits per heavy atom. The molecular formula is C21H18N2O5. The number of fused-ring (bicyclic) bond motifs is 1. The third-order valence-corrected chi connectivity index (χ3v) is 4.95. The maximum Gasteiger partial charge on any atom is 0.354 e. The molecule has 1 aromatic carbocycles. The summed E-state index contributed by atoms with van der Waals surface area (Å²) in [4.78, 5) is 29.0. The van der Waals surface area contributed by atoms with Gasteiger partial charge >= 0.3 is 5.97 Å². The van der Waals surface area contributed by atoms with E-state index >= 15 is 0 Å². The molecule has 1 fully saturated rings. The Labute approximate surface area is 161 Å². The number of nitrogens with zero attached hydrogens (tertiary/aromatic N) is 2. The SMILES string of the molecule is CN1CC[C@@](O)(C#Cc2cc3c(c(-c4cccc(C(=O)O)n4)c2)OCC3)C1=O. The zero-order valence-corrected chi connectivity index (χ0v) is 15.2. The van der Waals surface area contributed by atoms with E-state index in [4.69, 9.17) is 4.74 Å². The fourth-order valence-corrected chi connectivity index (χ4v) is 3.42. The first-order valence-corrected chi connectivity index (χ1v) is 8.89. The van der Waals surface area contributed by atoms with Gasteiger partial charge in [0.25, 0.3) is 5.91 Å². The smallest absolute Gasteiger partial charge is 0.354 e. The molecule has 0 aliphatic carbocycles. The molecule has 2 N–H and O–H groups in total. The molecule has 4 rings (SSSR count). The lowest BCUT2D eigenvalue weighted by Gasteiger charge is -2.13. The lowest BCUT2D eigenvalue weighted by Crippen LogP contribution is -2.37. The Hall–Kier alpha value is -3.37. The van der Waals surface area contributed by atoms with Crippen molar-refractivity contribution in [2.24, 2.45) is 0 Å². The molecule has 0 radical (unpaired) electrons. The van der Waals surface area contributed by atoms with Gasteiger partial charge in [-0.05, 0) is 29.8 Å². The first kappa shape index (κ1) is 18.0. The van der Waals surface area contributed by atoms with E-state index in [1.54, 1.807) is 25.2 Å². The van der Waals surface area contributed by atoms with Crippen LogP contribution in [0.1, 0.15) is 28.0 Å². The van der Waals surface area contributed by atoms with Crippen molar-refractivity contribution < 1.29 is 24.5 Å². The monoisotopic (exact) mass is 378 g/mol. The molecule has 2 aliphatic heterocycles. The molecule has 2 aliphatic rings. The van der Waals surface area contributed by atoms with Gasteiger partial charge in [-0.3, -0.25) is 4.79 Å². The second kappa shape index (κ2) is 6.66. The van der Waals surface area contributed by atoms with Gasteiger partial charge in [0.1, 0.15) is 11.4 Å². The number of carbonyl (C=O) groups is 2. The minimum atomic E-state index is -1.67. The number of carboxylic acid groups (broad SMARTS) is 1. The molecule has 0 spiro atoms. The van der Waals surface area contributed by atoms with E-state index in [2.05, 4.69) is 16.8 Å².